The highest BCUT2D eigenvalue weighted by atomic mass is 79.9. The number of nitrogens with zero attached hydrogens (tertiary/aromatic N) is 3. The van der Waals surface area contributed by atoms with Crippen LogP contribution in [0.1, 0.15) is 6.42 Å². The number of halogens is 1. The lowest BCUT2D eigenvalue weighted by Crippen LogP contribution is -2.33. The SMILES string of the molecule is CN(c1nc(N)ncc1Br)C1CCS(=O)(=O)C1. The Bertz CT molecular complexity index is 534. The van der Waals surface area contributed by atoms with E-state index in [-0.39, 0.29) is 23.5 Å². The minimum atomic E-state index is -2.90. The number of rotatable bonds is 2. The molecule has 1 aliphatic heterocycles. The molecule has 2 rings (SSSR count). The van der Waals surface area contributed by atoms with E-state index in [4.69, 9.17) is 5.73 Å². The second kappa shape index (κ2) is 4.41. The van der Waals surface area contributed by atoms with Gasteiger partial charge in [-0.25, -0.2) is 13.4 Å². The van der Waals surface area contributed by atoms with Gasteiger partial charge in [-0.15, -0.1) is 0 Å². The van der Waals surface area contributed by atoms with E-state index < -0.39 is 9.84 Å². The molecule has 1 atom stereocenters. The van der Waals surface area contributed by atoms with Crippen molar-refractivity contribution in [1.82, 2.24) is 9.97 Å². The van der Waals surface area contributed by atoms with Crippen LogP contribution in [-0.4, -0.2) is 43.0 Å². The van der Waals surface area contributed by atoms with Crippen LogP contribution in [0.4, 0.5) is 11.8 Å². The Morgan fingerprint density at radius 3 is 2.88 bits per heavy atom. The molecule has 94 valence electrons. The summed E-state index contributed by atoms with van der Waals surface area (Å²) in [5.74, 6) is 1.20. The van der Waals surface area contributed by atoms with E-state index in [1.54, 1.807) is 6.20 Å². The minimum absolute atomic E-state index is 0.0504. The molecule has 8 heteroatoms. The van der Waals surface area contributed by atoms with Gasteiger partial charge in [0.25, 0.3) is 0 Å². The summed E-state index contributed by atoms with van der Waals surface area (Å²) in [6, 6.07) is -0.0504. The van der Waals surface area contributed by atoms with Crippen LogP contribution in [0.5, 0.6) is 0 Å². The van der Waals surface area contributed by atoms with E-state index in [0.29, 0.717) is 16.7 Å². The highest BCUT2D eigenvalue weighted by Gasteiger charge is 2.31. The van der Waals surface area contributed by atoms with Crippen LogP contribution in [0.3, 0.4) is 0 Å². The van der Waals surface area contributed by atoms with E-state index in [0.717, 1.165) is 0 Å². The second-order valence-electron chi connectivity index (χ2n) is 4.07. The van der Waals surface area contributed by atoms with Crippen molar-refractivity contribution >= 4 is 37.5 Å². The molecule has 17 heavy (non-hydrogen) atoms. The van der Waals surface area contributed by atoms with Gasteiger partial charge in [0.2, 0.25) is 5.95 Å². The van der Waals surface area contributed by atoms with E-state index in [1.165, 1.54) is 0 Å². The molecule has 1 fully saturated rings. The minimum Gasteiger partial charge on any atom is -0.368 e. The van der Waals surface area contributed by atoms with Gasteiger partial charge in [-0.05, 0) is 22.4 Å². The monoisotopic (exact) mass is 320 g/mol. The Kier molecular flexibility index (Phi) is 3.26. The molecule has 1 aliphatic rings. The largest absolute Gasteiger partial charge is 0.368 e. The zero-order valence-corrected chi connectivity index (χ0v) is 11.7. The van der Waals surface area contributed by atoms with E-state index >= 15 is 0 Å². The van der Waals surface area contributed by atoms with Gasteiger partial charge < -0.3 is 10.6 Å². The molecule has 6 nitrogen and oxygen atoms in total. The predicted octanol–water partition coefficient (Wildman–Crippen LogP) is 0.445. The number of hydrogen-bond acceptors (Lipinski definition) is 6. The van der Waals surface area contributed by atoms with Gasteiger partial charge in [0.15, 0.2) is 9.84 Å². The second-order valence-corrected chi connectivity index (χ2v) is 7.15. The normalized spacial score (nSPS) is 22.6. The van der Waals surface area contributed by atoms with Gasteiger partial charge in [0.1, 0.15) is 5.82 Å². The average molecular weight is 321 g/mol. The third kappa shape index (κ3) is 2.68. The number of aromatic nitrogens is 2. The van der Waals surface area contributed by atoms with Crippen molar-refractivity contribution in [3.8, 4) is 0 Å². The maximum absolute atomic E-state index is 11.4. The number of sulfone groups is 1. The summed E-state index contributed by atoms with van der Waals surface area (Å²) in [5.41, 5.74) is 5.53. The third-order valence-electron chi connectivity index (χ3n) is 2.83. The van der Waals surface area contributed by atoms with Crippen molar-refractivity contribution in [2.75, 3.05) is 29.2 Å². The molecule has 0 bridgehead atoms. The Balaban J connectivity index is 2.26. The molecular formula is C9H13BrN4O2S. The van der Waals surface area contributed by atoms with Gasteiger partial charge >= 0.3 is 0 Å². The van der Waals surface area contributed by atoms with Crippen LogP contribution >= 0.6 is 15.9 Å². The number of nitrogen functional groups attached to an aromatic ring is 1. The molecule has 0 radical (unpaired) electrons. The number of anilines is 2. The molecule has 0 saturated carbocycles. The fourth-order valence-electron chi connectivity index (χ4n) is 1.87. The van der Waals surface area contributed by atoms with Crippen LogP contribution in [0, 0.1) is 0 Å². The van der Waals surface area contributed by atoms with Crippen LogP contribution in [0.15, 0.2) is 10.7 Å². The zero-order chi connectivity index (χ0) is 12.6. The Morgan fingerprint density at radius 2 is 2.29 bits per heavy atom. The highest BCUT2D eigenvalue weighted by molar-refractivity contribution is 9.10. The first-order chi connectivity index (χ1) is 7.89. The molecule has 2 heterocycles. The molecule has 1 aromatic rings. The molecule has 1 aromatic heterocycles. The number of hydrogen-bond donors (Lipinski definition) is 1. The Hall–Kier alpha value is -0.890. The van der Waals surface area contributed by atoms with E-state index in [2.05, 4.69) is 25.9 Å². The van der Waals surface area contributed by atoms with Crippen molar-refractivity contribution < 1.29 is 8.42 Å². The fraction of sp³-hybridized carbons (Fsp3) is 0.556. The third-order valence-corrected chi connectivity index (χ3v) is 5.14. The van der Waals surface area contributed by atoms with Crippen molar-refractivity contribution in [3.63, 3.8) is 0 Å². The standard InChI is InChI=1S/C9H13BrN4O2S/c1-14(6-2-3-17(15,16)5-6)8-7(10)4-12-9(11)13-8/h4,6H,2-3,5H2,1H3,(H2,11,12,13). The summed E-state index contributed by atoms with van der Waals surface area (Å²) >= 11 is 3.33. The molecule has 0 amide bonds. The smallest absolute Gasteiger partial charge is 0.222 e. The first kappa shape index (κ1) is 12.6. The summed E-state index contributed by atoms with van der Waals surface area (Å²) in [5, 5.41) is 0. The molecular weight excluding hydrogens is 308 g/mol. The van der Waals surface area contributed by atoms with Crippen LogP contribution in [0.2, 0.25) is 0 Å². The Labute approximate surface area is 108 Å². The van der Waals surface area contributed by atoms with Gasteiger partial charge in [0.05, 0.1) is 16.0 Å². The molecule has 1 saturated heterocycles. The lowest BCUT2D eigenvalue weighted by atomic mass is 10.2. The van der Waals surface area contributed by atoms with Crippen molar-refractivity contribution in [2.24, 2.45) is 0 Å². The van der Waals surface area contributed by atoms with Gasteiger partial charge in [-0.2, -0.15) is 4.98 Å². The zero-order valence-electron chi connectivity index (χ0n) is 9.30. The van der Waals surface area contributed by atoms with E-state index in [9.17, 15) is 8.42 Å². The molecule has 0 aliphatic carbocycles. The lowest BCUT2D eigenvalue weighted by Gasteiger charge is -2.25. The topological polar surface area (TPSA) is 89.2 Å². The van der Waals surface area contributed by atoms with Crippen molar-refractivity contribution in [2.45, 2.75) is 12.5 Å². The predicted molar refractivity (Wildman–Crippen MR) is 69.6 cm³/mol. The lowest BCUT2D eigenvalue weighted by molar-refractivity contribution is 0.600. The van der Waals surface area contributed by atoms with Gasteiger partial charge in [-0.1, -0.05) is 0 Å². The van der Waals surface area contributed by atoms with Crippen molar-refractivity contribution in [1.29, 1.82) is 0 Å². The quantitative estimate of drug-likeness (QED) is 0.850. The molecule has 1 unspecified atom stereocenters. The summed E-state index contributed by atoms with van der Waals surface area (Å²) in [4.78, 5) is 9.81. The first-order valence-electron chi connectivity index (χ1n) is 5.10. The Morgan fingerprint density at radius 1 is 1.59 bits per heavy atom. The van der Waals surface area contributed by atoms with Crippen LogP contribution in [-0.2, 0) is 9.84 Å². The molecule has 0 spiro atoms. The summed E-state index contributed by atoms with van der Waals surface area (Å²) < 4.78 is 23.6. The summed E-state index contributed by atoms with van der Waals surface area (Å²) in [6.07, 6.45) is 2.19. The van der Waals surface area contributed by atoms with Gasteiger partial charge in [0, 0.05) is 19.3 Å². The maximum atomic E-state index is 11.4. The number of nitrogens with two attached hydrogens (primary N) is 1. The summed E-state index contributed by atoms with van der Waals surface area (Å²) in [6.45, 7) is 0. The average Bonchev–Trinajstić information content (AvgIpc) is 2.61. The van der Waals surface area contributed by atoms with Crippen LogP contribution < -0.4 is 10.6 Å². The maximum Gasteiger partial charge on any atom is 0.222 e. The van der Waals surface area contributed by atoms with Crippen molar-refractivity contribution in [3.05, 3.63) is 10.7 Å². The molecule has 0 aromatic carbocycles. The molecule has 2 N–H and O–H groups in total. The van der Waals surface area contributed by atoms with Crippen LogP contribution in [0.25, 0.3) is 0 Å². The fourth-order valence-corrected chi connectivity index (χ4v) is 4.12. The first-order valence-corrected chi connectivity index (χ1v) is 7.72. The van der Waals surface area contributed by atoms with E-state index in [1.807, 2.05) is 11.9 Å². The highest BCUT2D eigenvalue weighted by Crippen LogP contribution is 2.27. The summed E-state index contributed by atoms with van der Waals surface area (Å²) in [7, 11) is -1.09. The van der Waals surface area contributed by atoms with Gasteiger partial charge in [-0.3, -0.25) is 0 Å².